The van der Waals surface area contributed by atoms with Crippen LogP contribution in [-0.2, 0) is 0 Å². The molecule has 0 saturated heterocycles. The highest BCUT2D eigenvalue weighted by Gasteiger charge is 2.12. The van der Waals surface area contributed by atoms with Gasteiger partial charge in [0.2, 0.25) is 0 Å². The van der Waals surface area contributed by atoms with E-state index in [1.807, 2.05) is 0 Å². The summed E-state index contributed by atoms with van der Waals surface area (Å²) in [6, 6.07) is 9.88. The Morgan fingerprint density at radius 1 is 0.773 bits per heavy atom. The molecule has 0 N–H and O–H groups in total. The molecule has 0 atom stereocenters. The van der Waals surface area contributed by atoms with Crippen molar-refractivity contribution < 1.29 is 9.85 Å². The maximum atomic E-state index is 10.8. The van der Waals surface area contributed by atoms with Crippen LogP contribution in [0, 0.1) is 34.1 Å². The van der Waals surface area contributed by atoms with Gasteiger partial charge in [-0.1, -0.05) is 21.6 Å². The lowest BCUT2D eigenvalue weighted by Crippen LogP contribution is -1.91. The predicted octanol–water partition coefficient (Wildman–Crippen LogP) is 4.92. The molecule has 114 valence electrons. The molecule has 0 fully saturated rings. The topological polar surface area (TPSA) is 86.3 Å². The monoisotopic (exact) mass is 336 g/mol. The van der Waals surface area contributed by atoms with Gasteiger partial charge in [-0.3, -0.25) is 20.2 Å². The number of hydrogen-bond donors (Lipinski definition) is 0. The molecule has 0 amide bonds. The van der Waals surface area contributed by atoms with Crippen LogP contribution < -0.4 is 0 Å². The summed E-state index contributed by atoms with van der Waals surface area (Å²) in [5.41, 5.74) is 1.41. The number of benzene rings is 2. The molecule has 0 unspecified atom stereocenters. The first kappa shape index (κ1) is 16.3. The fourth-order valence-electron chi connectivity index (χ4n) is 1.87. The maximum absolute atomic E-state index is 10.8. The van der Waals surface area contributed by atoms with Gasteiger partial charge in [-0.25, -0.2) is 0 Å². The third kappa shape index (κ3) is 3.77. The van der Waals surface area contributed by atoms with Gasteiger partial charge >= 0.3 is 0 Å². The van der Waals surface area contributed by atoms with E-state index in [9.17, 15) is 20.2 Å². The van der Waals surface area contributed by atoms with Gasteiger partial charge in [0.25, 0.3) is 11.4 Å². The Morgan fingerprint density at radius 3 is 1.41 bits per heavy atom. The highest BCUT2D eigenvalue weighted by Crippen LogP contribution is 2.39. The standard InChI is InChI=1S/C14H12N2O4S2/c1-9-7-11(3-5-13(9)15(17)18)21-22-12-4-6-14(16(19)20)10(2)8-12/h3-8H,1-2H3. The summed E-state index contributed by atoms with van der Waals surface area (Å²) in [4.78, 5) is 22.5. The normalized spacial score (nSPS) is 10.5. The van der Waals surface area contributed by atoms with E-state index in [1.165, 1.54) is 33.7 Å². The van der Waals surface area contributed by atoms with Crippen molar-refractivity contribution in [3.63, 3.8) is 0 Å². The van der Waals surface area contributed by atoms with Crippen molar-refractivity contribution in [2.24, 2.45) is 0 Å². The first-order valence-corrected chi connectivity index (χ1v) is 8.38. The molecule has 8 heteroatoms. The molecule has 0 heterocycles. The van der Waals surface area contributed by atoms with Gasteiger partial charge in [0.05, 0.1) is 9.85 Å². The second-order valence-corrected chi connectivity index (χ2v) is 6.85. The van der Waals surface area contributed by atoms with Crippen LogP contribution in [0.2, 0.25) is 0 Å². The summed E-state index contributed by atoms with van der Waals surface area (Å²) in [7, 11) is 2.91. The summed E-state index contributed by atoms with van der Waals surface area (Å²) in [5.74, 6) is 0. The van der Waals surface area contributed by atoms with E-state index < -0.39 is 9.85 Å². The van der Waals surface area contributed by atoms with Crippen LogP contribution in [0.1, 0.15) is 11.1 Å². The largest absolute Gasteiger partial charge is 0.272 e. The fraction of sp³-hybridized carbons (Fsp3) is 0.143. The number of nitrogens with zero attached hydrogens (tertiary/aromatic N) is 2. The first-order chi connectivity index (χ1) is 10.4. The predicted molar refractivity (Wildman–Crippen MR) is 87.4 cm³/mol. The van der Waals surface area contributed by atoms with E-state index in [2.05, 4.69) is 0 Å². The molecule has 0 radical (unpaired) electrons. The minimum absolute atomic E-state index is 0.0977. The molecule has 0 aliphatic carbocycles. The van der Waals surface area contributed by atoms with Crippen molar-refractivity contribution in [3.8, 4) is 0 Å². The molecule has 6 nitrogen and oxygen atoms in total. The Kier molecular flexibility index (Phi) is 5.04. The Morgan fingerprint density at radius 2 is 1.14 bits per heavy atom. The van der Waals surface area contributed by atoms with Crippen molar-refractivity contribution in [1.29, 1.82) is 0 Å². The van der Waals surface area contributed by atoms with E-state index in [1.54, 1.807) is 38.1 Å². The molecule has 0 aliphatic heterocycles. The zero-order valence-electron chi connectivity index (χ0n) is 11.8. The Balaban J connectivity index is 2.10. The third-order valence-electron chi connectivity index (χ3n) is 2.96. The number of hydrogen-bond acceptors (Lipinski definition) is 6. The van der Waals surface area contributed by atoms with Crippen LogP contribution in [-0.4, -0.2) is 9.85 Å². The van der Waals surface area contributed by atoms with Crippen LogP contribution in [0.3, 0.4) is 0 Å². The molecule has 0 aromatic heterocycles. The van der Waals surface area contributed by atoms with Gasteiger partial charge < -0.3 is 0 Å². The van der Waals surface area contributed by atoms with E-state index in [-0.39, 0.29) is 11.4 Å². The average Bonchev–Trinajstić information content (AvgIpc) is 2.44. The lowest BCUT2D eigenvalue weighted by Gasteiger charge is -2.04. The maximum Gasteiger partial charge on any atom is 0.272 e. The number of aryl methyl sites for hydroxylation is 2. The Bertz CT molecular complexity index is 686. The SMILES string of the molecule is Cc1cc(SSc2ccc([N+](=O)[O-])c(C)c2)ccc1[N+](=O)[O-]. The summed E-state index contributed by atoms with van der Waals surface area (Å²) in [5, 5.41) is 21.6. The van der Waals surface area contributed by atoms with Crippen molar-refractivity contribution in [2.75, 3.05) is 0 Å². The third-order valence-corrected chi connectivity index (χ3v) is 5.34. The summed E-state index contributed by atoms with van der Waals surface area (Å²) >= 11 is 0. The van der Waals surface area contributed by atoms with Crippen LogP contribution in [0.5, 0.6) is 0 Å². The molecule has 22 heavy (non-hydrogen) atoms. The minimum atomic E-state index is -0.406. The minimum Gasteiger partial charge on any atom is -0.258 e. The highest BCUT2D eigenvalue weighted by molar-refractivity contribution is 8.76. The van der Waals surface area contributed by atoms with E-state index in [0.717, 1.165) is 9.79 Å². The van der Waals surface area contributed by atoms with Crippen LogP contribution in [0.4, 0.5) is 11.4 Å². The molecule has 0 aliphatic rings. The Hall–Kier alpha value is -2.06. The summed E-state index contributed by atoms with van der Waals surface area (Å²) in [6.07, 6.45) is 0. The zero-order chi connectivity index (χ0) is 16.3. The van der Waals surface area contributed by atoms with E-state index >= 15 is 0 Å². The second kappa shape index (κ2) is 6.80. The van der Waals surface area contributed by atoms with Gasteiger partial charge in [-0.2, -0.15) is 0 Å². The van der Waals surface area contributed by atoms with E-state index in [4.69, 9.17) is 0 Å². The summed E-state index contributed by atoms with van der Waals surface area (Å²) in [6.45, 7) is 3.39. The lowest BCUT2D eigenvalue weighted by molar-refractivity contribution is -0.385. The quantitative estimate of drug-likeness (QED) is 0.437. The summed E-state index contributed by atoms with van der Waals surface area (Å²) < 4.78 is 0. The molecule has 2 rings (SSSR count). The lowest BCUT2D eigenvalue weighted by atomic mass is 10.2. The Labute approximate surface area is 134 Å². The number of nitro benzene ring substituents is 2. The van der Waals surface area contributed by atoms with Crippen molar-refractivity contribution in [3.05, 3.63) is 67.8 Å². The molecule has 0 spiro atoms. The second-order valence-electron chi connectivity index (χ2n) is 4.58. The number of nitro groups is 2. The van der Waals surface area contributed by atoms with Gasteiger partial charge in [-0.05, 0) is 38.1 Å². The average molecular weight is 336 g/mol. The molecule has 0 bridgehead atoms. The van der Waals surface area contributed by atoms with Crippen LogP contribution in [0.15, 0.2) is 46.2 Å². The molecule has 0 saturated carbocycles. The van der Waals surface area contributed by atoms with Crippen molar-refractivity contribution in [1.82, 2.24) is 0 Å². The van der Waals surface area contributed by atoms with Gasteiger partial charge in [-0.15, -0.1) is 0 Å². The van der Waals surface area contributed by atoms with Crippen LogP contribution >= 0.6 is 21.6 Å². The fourth-order valence-corrected chi connectivity index (χ4v) is 3.95. The molecular weight excluding hydrogens is 324 g/mol. The van der Waals surface area contributed by atoms with E-state index in [0.29, 0.717) is 11.1 Å². The zero-order valence-corrected chi connectivity index (χ0v) is 13.4. The van der Waals surface area contributed by atoms with Crippen molar-refractivity contribution >= 4 is 33.0 Å². The molecule has 2 aromatic carbocycles. The smallest absolute Gasteiger partial charge is 0.258 e. The highest BCUT2D eigenvalue weighted by atomic mass is 33.1. The van der Waals surface area contributed by atoms with Gasteiger partial charge in [0, 0.05) is 33.1 Å². The van der Waals surface area contributed by atoms with Gasteiger partial charge in [0.15, 0.2) is 0 Å². The van der Waals surface area contributed by atoms with Crippen molar-refractivity contribution in [2.45, 2.75) is 23.6 Å². The molecular formula is C14H12N2O4S2. The number of rotatable bonds is 5. The first-order valence-electron chi connectivity index (χ1n) is 6.23. The van der Waals surface area contributed by atoms with Gasteiger partial charge in [0.1, 0.15) is 0 Å². The molecule has 2 aromatic rings. The van der Waals surface area contributed by atoms with Crippen LogP contribution in [0.25, 0.3) is 0 Å².